The highest BCUT2D eigenvalue weighted by atomic mass is 32.2. The molecular weight excluding hydrogens is 463 g/mol. The number of aryl methyl sites for hydroxylation is 1. The Hall–Kier alpha value is -2.67. The first-order valence-corrected chi connectivity index (χ1v) is 13.2. The van der Waals surface area contributed by atoms with E-state index < -0.39 is 14.6 Å². The zero-order chi connectivity index (χ0) is 25.9. The highest BCUT2D eigenvalue weighted by Crippen LogP contribution is 2.29. The van der Waals surface area contributed by atoms with Crippen LogP contribution in [0.15, 0.2) is 47.4 Å². The number of sulfone groups is 1. The van der Waals surface area contributed by atoms with Crippen LogP contribution in [0.1, 0.15) is 58.6 Å². The van der Waals surface area contributed by atoms with Crippen LogP contribution in [0, 0.1) is 16.7 Å². The SMILES string of the molecule is CC1(C)COB(c2ccc(CCCC(=O)Nc3ccc(S(=O)(=O)C(C)(C)C)c(C#N)c3)cc2)OC1. The summed E-state index contributed by atoms with van der Waals surface area (Å²) in [5.41, 5.74) is 2.54. The summed E-state index contributed by atoms with van der Waals surface area (Å²) in [6.07, 6.45) is 1.69. The predicted molar refractivity (Wildman–Crippen MR) is 137 cm³/mol. The summed E-state index contributed by atoms with van der Waals surface area (Å²) in [6, 6.07) is 14.3. The molecule has 186 valence electrons. The van der Waals surface area contributed by atoms with Crippen LogP contribution in [0.3, 0.4) is 0 Å². The first kappa shape index (κ1) is 26.9. The van der Waals surface area contributed by atoms with E-state index in [1.165, 1.54) is 18.2 Å². The zero-order valence-corrected chi connectivity index (χ0v) is 21.9. The Labute approximate surface area is 208 Å². The molecule has 9 heteroatoms. The number of nitrogens with one attached hydrogen (secondary N) is 1. The summed E-state index contributed by atoms with van der Waals surface area (Å²) in [7, 11) is -4.02. The van der Waals surface area contributed by atoms with Gasteiger partial charge in [-0.25, -0.2) is 8.42 Å². The minimum atomic E-state index is -3.68. The van der Waals surface area contributed by atoms with E-state index in [9.17, 15) is 18.5 Å². The van der Waals surface area contributed by atoms with Gasteiger partial charge in [-0.05, 0) is 62.8 Å². The van der Waals surface area contributed by atoms with Crippen LogP contribution in [-0.4, -0.2) is 39.4 Å². The third-order valence-corrected chi connectivity index (χ3v) is 8.40. The topological polar surface area (TPSA) is 105 Å². The largest absolute Gasteiger partial charge is 0.493 e. The number of benzene rings is 2. The summed E-state index contributed by atoms with van der Waals surface area (Å²) in [5, 5.41) is 12.2. The van der Waals surface area contributed by atoms with Crippen LogP contribution >= 0.6 is 0 Å². The van der Waals surface area contributed by atoms with Gasteiger partial charge in [0.2, 0.25) is 5.91 Å². The number of hydrogen-bond acceptors (Lipinski definition) is 6. The lowest BCUT2D eigenvalue weighted by Gasteiger charge is -2.33. The smallest absolute Gasteiger partial charge is 0.407 e. The molecule has 0 saturated carbocycles. The lowest BCUT2D eigenvalue weighted by atomic mass is 9.75. The third-order valence-electron chi connectivity index (χ3n) is 5.85. The molecule has 2 aromatic rings. The number of anilines is 1. The van der Waals surface area contributed by atoms with Crippen molar-refractivity contribution in [3.05, 3.63) is 53.6 Å². The molecule has 1 fully saturated rings. The molecule has 0 atom stereocenters. The van der Waals surface area contributed by atoms with Crippen molar-refractivity contribution in [3.63, 3.8) is 0 Å². The molecule has 1 amide bonds. The first-order chi connectivity index (χ1) is 16.3. The average molecular weight is 496 g/mol. The Morgan fingerprint density at radius 1 is 1.11 bits per heavy atom. The van der Waals surface area contributed by atoms with Crippen molar-refractivity contribution in [2.45, 2.75) is 63.5 Å². The number of nitrogens with zero attached hydrogens (tertiary/aromatic N) is 1. The van der Waals surface area contributed by atoms with Crippen LogP contribution in [0.25, 0.3) is 0 Å². The van der Waals surface area contributed by atoms with Gasteiger partial charge in [-0.2, -0.15) is 5.26 Å². The fraction of sp³-hybridized carbons (Fsp3) is 0.462. The number of hydrogen-bond donors (Lipinski definition) is 1. The molecule has 3 rings (SSSR count). The Kier molecular flexibility index (Phi) is 8.10. The second kappa shape index (κ2) is 10.5. The van der Waals surface area contributed by atoms with Gasteiger partial charge in [0.25, 0.3) is 0 Å². The minimum Gasteiger partial charge on any atom is -0.407 e. The van der Waals surface area contributed by atoms with Gasteiger partial charge in [0.15, 0.2) is 9.84 Å². The van der Waals surface area contributed by atoms with Gasteiger partial charge < -0.3 is 14.6 Å². The second-order valence-corrected chi connectivity index (χ2v) is 13.4. The molecular formula is C26H33BN2O5S. The number of nitriles is 1. The van der Waals surface area contributed by atoms with Gasteiger partial charge in [0.1, 0.15) is 6.07 Å². The minimum absolute atomic E-state index is 0.0207. The van der Waals surface area contributed by atoms with Gasteiger partial charge >= 0.3 is 7.12 Å². The van der Waals surface area contributed by atoms with Crippen molar-refractivity contribution in [2.75, 3.05) is 18.5 Å². The van der Waals surface area contributed by atoms with Crippen molar-refractivity contribution < 1.29 is 22.5 Å². The van der Waals surface area contributed by atoms with E-state index >= 15 is 0 Å². The number of carbonyl (C=O) groups excluding carboxylic acids is 1. The molecule has 1 aliphatic rings. The summed E-state index contributed by atoms with van der Waals surface area (Å²) < 4.78 is 36.1. The first-order valence-electron chi connectivity index (χ1n) is 11.7. The van der Waals surface area contributed by atoms with E-state index in [4.69, 9.17) is 9.31 Å². The van der Waals surface area contributed by atoms with Crippen LogP contribution < -0.4 is 10.8 Å². The lowest BCUT2D eigenvalue weighted by molar-refractivity contribution is -0.116. The van der Waals surface area contributed by atoms with Crippen LogP contribution in [-0.2, 0) is 30.4 Å². The molecule has 1 heterocycles. The van der Waals surface area contributed by atoms with E-state index in [1.54, 1.807) is 20.8 Å². The summed E-state index contributed by atoms with van der Waals surface area (Å²) >= 11 is 0. The molecule has 7 nitrogen and oxygen atoms in total. The molecule has 1 saturated heterocycles. The molecule has 0 spiro atoms. The van der Waals surface area contributed by atoms with E-state index in [-0.39, 0.29) is 28.9 Å². The van der Waals surface area contributed by atoms with Gasteiger partial charge in [0.05, 0.1) is 15.2 Å². The second-order valence-electron chi connectivity index (χ2n) is 10.7. The van der Waals surface area contributed by atoms with E-state index in [2.05, 4.69) is 19.2 Å². The summed E-state index contributed by atoms with van der Waals surface area (Å²) in [4.78, 5) is 12.4. The molecule has 0 bridgehead atoms. The molecule has 1 aliphatic heterocycles. The standard InChI is InChI=1S/C26H33BN2O5S/c1-25(2,3)35(31,32)23-14-13-22(15-20(23)16-28)29-24(30)8-6-7-19-9-11-21(12-10-19)27-33-17-26(4,5)18-34-27/h9-15H,6-8,17-18H2,1-5H3,(H,29,30). The van der Waals surface area contributed by atoms with Crippen LogP contribution in [0.5, 0.6) is 0 Å². The Morgan fingerprint density at radius 2 is 1.74 bits per heavy atom. The summed E-state index contributed by atoms with van der Waals surface area (Å²) in [5.74, 6) is -0.191. The fourth-order valence-corrected chi connectivity index (χ4v) is 4.96. The van der Waals surface area contributed by atoms with Crippen molar-refractivity contribution >= 4 is 34.0 Å². The Bertz CT molecular complexity index is 1200. The molecule has 1 N–H and O–H groups in total. The monoisotopic (exact) mass is 496 g/mol. The maximum absolute atomic E-state index is 12.7. The van der Waals surface area contributed by atoms with Crippen LogP contribution in [0.2, 0.25) is 0 Å². The van der Waals surface area contributed by atoms with Gasteiger partial charge in [0, 0.05) is 30.7 Å². The van der Waals surface area contributed by atoms with Crippen molar-refractivity contribution in [2.24, 2.45) is 5.41 Å². The maximum atomic E-state index is 12.7. The Morgan fingerprint density at radius 3 is 2.31 bits per heavy atom. The Balaban J connectivity index is 1.52. The highest BCUT2D eigenvalue weighted by molar-refractivity contribution is 7.92. The third kappa shape index (κ3) is 6.72. The number of amides is 1. The predicted octanol–water partition coefficient (Wildman–Crippen LogP) is 3.86. The molecule has 35 heavy (non-hydrogen) atoms. The number of rotatable bonds is 7. The van der Waals surface area contributed by atoms with Gasteiger partial charge in [-0.1, -0.05) is 38.1 Å². The maximum Gasteiger partial charge on any atom is 0.493 e. The van der Waals surface area contributed by atoms with Crippen LogP contribution in [0.4, 0.5) is 5.69 Å². The molecule has 0 aliphatic carbocycles. The molecule has 2 aromatic carbocycles. The van der Waals surface area contributed by atoms with E-state index in [0.29, 0.717) is 31.7 Å². The van der Waals surface area contributed by atoms with Crippen molar-refractivity contribution in [1.82, 2.24) is 0 Å². The average Bonchev–Trinajstić information content (AvgIpc) is 2.78. The zero-order valence-electron chi connectivity index (χ0n) is 21.1. The summed E-state index contributed by atoms with van der Waals surface area (Å²) in [6.45, 7) is 10.3. The highest BCUT2D eigenvalue weighted by Gasteiger charge is 2.34. The van der Waals surface area contributed by atoms with Crippen molar-refractivity contribution in [3.8, 4) is 6.07 Å². The lowest BCUT2D eigenvalue weighted by Crippen LogP contribution is -2.47. The molecule has 0 radical (unpaired) electrons. The van der Waals surface area contributed by atoms with E-state index in [1.807, 2.05) is 30.3 Å². The number of carbonyl (C=O) groups is 1. The van der Waals surface area contributed by atoms with Gasteiger partial charge in [-0.15, -0.1) is 0 Å². The fourth-order valence-electron chi connectivity index (χ4n) is 3.66. The van der Waals surface area contributed by atoms with E-state index in [0.717, 1.165) is 17.4 Å². The van der Waals surface area contributed by atoms with Gasteiger partial charge in [-0.3, -0.25) is 4.79 Å². The molecule has 0 unspecified atom stereocenters. The molecule has 0 aromatic heterocycles. The van der Waals surface area contributed by atoms with Crippen molar-refractivity contribution in [1.29, 1.82) is 5.26 Å². The quantitative estimate of drug-likeness (QED) is 0.584. The normalized spacial score (nSPS) is 15.9.